The standard InChI is InChI=1S/C24H23ClN4O2S/c1-14-6-5-7-16(22(14)25)10-18-13-27-24(32-18)29-23(31)21(28-15(2)30)11-17-12-26-20-9-4-3-8-19(17)20/h3-9,12-13,21,26H,10-11H2,1-2H3,(H,28,30)(H,27,29,31). The molecule has 2 amide bonds. The summed E-state index contributed by atoms with van der Waals surface area (Å²) in [7, 11) is 0. The van der Waals surface area contributed by atoms with E-state index in [1.165, 1.54) is 18.3 Å². The molecule has 0 spiro atoms. The van der Waals surface area contributed by atoms with Gasteiger partial charge in [-0.05, 0) is 29.7 Å². The third-order valence-corrected chi connectivity index (χ3v) is 6.67. The number of thiazole rings is 1. The summed E-state index contributed by atoms with van der Waals surface area (Å²) in [4.78, 5) is 33.3. The molecule has 0 aliphatic carbocycles. The van der Waals surface area contributed by atoms with Crippen LogP contribution in [0, 0.1) is 6.92 Å². The molecule has 0 saturated carbocycles. The maximum atomic E-state index is 13.0. The number of H-pyrrole nitrogens is 1. The molecule has 2 heterocycles. The molecule has 0 fully saturated rings. The van der Waals surface area contributed by atoms with Crippen LogP contribution >= 0.6 is 22.9 Å². The summed E-state index contributed by atoms with van der Waals surface area (Å²) in [5.41, 5.74) is 3.99. The van der Waals surface area contributed by atoms with Crippen molar-refractivity contribution in [1.82, 2.24) is 15.3 Å². The van der Waals surface area contributed by atoms with Gasteiger partial charge in [-0.25, -0.2) is 4.98 Å². The number of carbonyl (C=O) groups excluding carboxylic acids is 2. The fourth-order valence-corrected chi connectivity index (χ4v) is 4.68. The number of fused-ring (bicyclic) bond motifs is 1. The Morgan fingerprint density at radius 3 is 2.78 bits per heavy atom. The predicted octanol–water partition coefficient (Wildman–Crippen LogP) is 4.86. The van der Waals surface area contributed by atoms with E-state index in [-0.39, 0.29) is 11.8 Å². The number of rotatable bonds is 7. The molecule has 3 N–H and O–H groups in total. The number of nitrogens with one attached hydrogen (secondary N) is 3. The molecule has 0 aliphatic rings. The SMILES string of the molecule is CC(=O)NC(Cc1c[nH]c2ccccc12)C(=O)Nc1ncc(Cc2cccc(C)c2Cl)s1. The average molecular weight is 467 g/mol. The smallest absolute Gasteiger partial charge is 0.249 e. The van der Waals surface area contributed by atoms with Gasteiger partial charge in [-0.3, -0.25) is 9.59 Å². The second-order valence-electron chi connectivity index (χ2n) is 7.66. The third kappa shape index (κ3) is 5.00. The van der Waals surface area contributed by atoms with Gasteiger partial charge in [0.1, 0.15) is 6.04 Å². The van der Waals surface area contributed by atoms with Crippen LogP contribution in [0.15, 0.2) is 54.9 Å². The number of aromatic amines is 1. The highest BCUT2D eigenvalue weighted by Gasteiger charge is 2.22. The van der Waals surface area contributed by atoms with Crippen LogP contribution in [-0.2, 0) is 22.4 Å². The van der Waals surface area contributed by atoms with Crippen LogP contribution in [0.2, 0.25) is 5.02 Å². The first-order chi connectivity index (χ1) is 15.4. The molecule has 0 aliphatic heterocycles. The van der Waals surface area contributed by atoms with Crippen LogP contribution in [-0.4, -0.2) is 27.8 Å². The van der Waals surface area contributed by atoms with Gasteiger partial charge in [-0.1, -0.05) is 48.0 Å². The molecule has 8 heteroatoms. The quantitative estimate of drug-likeness (QED) is 0.363. The number of aryl methyl sites for hydroxylation is 1. The summed E-state index contributed by atoms with van der Waals surface area (Å²) >= 11 is 7.80. The summed E-state index contributed by atoms with van der Waals surface area (Å²) in [5, 5.41) is 7.87. The molecule has 0 bridgehead atoms. The molecule has 2 aromatic heterocycles. The van der Waals surface area contributed by atoms with Crippen LogP contribution in [0.1, 0.15) is 28.5 Å². The molecule has 4 rings (SSSR count). The monoisotopic (exact) mass is 466 g/mol. The van der Waals surface area contributed by atoms with Crippen molar-refractivity contribution < 1.29 is 9.59 Å². The van der Waals surface area contributed by atoms with Crippen molar-refractivity contribution in [3.05, 3.63) is 81.4 Å². The van der Waals surface area contributed by atoms with E-state index in [1.54, 1.807) is 6.20 Å². The highest BCUT2D eigenvalue weighted by molar-refractivity contribution is 7.15. The average Bonchev–Trinajstić information content (AvgIpc) is 3.37. The topological polar surface area (TPSA) is 86.9 Å². The van der Waals surface area contributed by atoms with Gasteiger partial charge in [0.15, 0.2) is 5.13 Å². The highest BCUT2D eigenvalue weighted by Crippen LogP contribution is 2.27. The number of hydrogen-bond acceptors (Lipinski definition) is 4. The lowest BCUT2D eigenvalue weighted by molar-refractivity contribution is -0.125. The highest BCUT2D eigenvalue weighted by atomic mass is 35.5. The van der Waals surface area contributed by atoms with E-state index >= 15 is 0 Å². The Morgan fingerprint density at radius 1 is 1.16 bits per heavy atom. The summed E-state index contributed by atoms with van der Waals surface area (Å²) in [6, 6.07) is 13.1. The van der Waals surface area contributed by atoms with Gasteiger partial charge in [-0.15, -0.1) is 11.3 Å². The van der Waals surface area contributed by atoms with Gasteiger partial charge in [0.25, 0.3) is 0 Å². The van der Waals surface area contributed by atoms with Crippen molar-refractivity contribution in [3.63, 3.8) is 0 Å². The second-order valence-corrected chi connectivity index (χ2v) is 9.16. The number of nitrogens with zero attached hydrogens (tertiary/aromatic N) is 1. The van der Waals surface area contributed by atoms with Gasteiger partial charge in [0, 0.05) is 53.0 Å². The van der Waals surface area contributed by atoms with E-state index in [0.29, 0.717) is 18.0 Å². The number of amides is 2. The molecule has 2 aromatic carbocycles. The lowest BCUT2D eigenvalue weighted by atomic mass is 10.0. The van der Waals surface area contributed by atoms with Crippen LogP contribution in [0.25, 0.3) is 10.9 Å². The van der Waals surface area contributed by atoms with Crippen molar-refractivity contribution in [2.45, 2.75) is 32.7 Å². The Kier molecular flexibility index (Phi) is 6.58. The molecule has 0 radical (unpaired) electrons. The molecular weight excluding hydrogens is 444 g/mol. The minimum atomic E-state index is -0.717. The molecule has 1 atom stereocenters. The Balaban J connectivity index is 1.48. The predicted molar refractivity (Wildman–Crippen MR) is 129 cm³/mol. The van der Waals surface area contributed by atoms with E-state index in [4.69, 9.17) is 11.6 Å². The number of hydrogen-bond donors (Lipinski definition) is 3. The van der Waals surface area contributed by atoms with Gasteiger partial charge < -0.3 is 15.6 Å². The summed E-state index contributed by atoms with van der Waals surface area (Å²) in [6.07, 6.45) is 4.62. The van der Waals surface area contributed by atoms with Crippen molar-refractivity contribution in [2.75, 3.05) is 5.32 Å². The number of aromatic nitrogens is 2. The maximum absolute atomic E-state index is 13.0. The van der Waals surface area contributed by atoms with Crippen LogP contribution in [0.3, 0.4) is 0 Å². The Hall–Kier alpha value is -3.16. The van der Waals surface area contributed by atoms with Gasteiger partial charge in [0.05, 0.1) is 0 Å². The van der Waals surface area contributed by atoms with E-state index in [2.05, 4.69) is 20.6 Å². The fourth-order valence-electron chi connectivity index (χ4n) is 3.65. The van der Waals surface area contributed by atoms with Gasteiger partial charge in [0.2, 0.25) is 11.8 Å². The van der Waals surface area contributed by atoms with E-state index < -0.39 is 6.04 Å². The number of carbonyl (C=O) groups is 2. The van der Waals surface area contributed by atoms with Crippen LogP contribution in [0.5, 0.6) is 0 Å². The number of para-hydroxylation sites is 1. The lowest BCUT2D eigenvalue weighted by Gasteiger charge is -2.16. The first-order valence-corrected chi connectivity index (χ1v) is 11.4. The van der Waals surface area contributed by atoms with Crippen molar-refractivity contribution in [1.29, 1.82) is 0 Å². The van der Waals surface area contributed by atoms with E-state index in [1.807, 2.05) is 55.6 Å². The molecule has 6 nitrogen and oxygen atoms in total. The summed E-state index contributed by atoms with van der Waals surface area (Å²) in [6.45, 7) is 3.38. The molecule has 0 saturated heterocycles. The second kappa shape index (κ2) is 9.54. The molecule has 4 aromatic rings. The normalized spacial score (nSPS) is 12.0. The molecule has 164 valence electrons. The first kappa shape index (κ1) is 22.0. The minimum Gasteiger partial charge on any atom is -0.361 e. The Bertz CT molecular complexity index is 1280. The van der Waals surface area contributed by atoms with E-state index in [0.717, 1.165) is 37.5 Å². The fraction of sp³-hybridized carbons (Fsp3) is 0.208. The Morgan fingerprint density at radius 2 is 1.97 bits per heavy atom. The van der Waals surface area contributed by atoms with Gasteiger partial charge >= 0.3 is 0 Å². The van der Waals surface area contributed by atoms with Crippen molar-refractivity contribution in [3.8, 4) is 0 Å². The van der Waals surface area contributed by atoms with Crippen molar-refractivity contribution >= 4 is 50.8 Å². The zero-order valence-electron chi connectivity index (χ0n) is 17.7. The number of benzene rings is 2. The third-order valence-electron chi connectivity index (χ3n) is 5.21. The lowest BCUT2D eigenvalue weighted by Crippen LogP contribution is -2.44. The maximum Gasteiger partial charge on any atom is 0.249 e. The van der Waals surface area contributed by atoms with E-state index in [9.17, 15) is 9.59 Å². The van der Waals surface area contributed by atoms with Crippen LogP contribution < -0.4 is 10.6 Å². The number of halogens is 1. The summed E-state index contributed by atoms with van der Waals surface area (Å²) < 4.78 is 0. The first-order valence-electron chi connectivity index (χ1n) is 10.2. The Labute approximate surface area is 195 Å². The zero-order valence-corrected chi connectivity index (χ0v) is 19.3. The summed E-state index contributed by atoms with van der Waals surface area (Å²) in [5.74, 6) is -0.570. The zero-order chi connectivity index (χ0) is 22.7. The number of anilines is 1. The largest absolute Gasteiger partial charge is 0.361 e. The molecule has 32 heavy (non-hydrogen) atoms. The molecular formula is C24H23ClN4O2S. The van der Waals surface area contributed by atoms with Crippen LogP contribution in [0.4, 0.5) is 5.13 Å². The molecule has 1 unspecified atom stereocenters. The minimum absolute atomic E-state index is 0.265. The van der Waals surface area contributed by atoms with Crippen molar-refractivity contribution in [2.24, 2.45) is 0 Å². The van der Waals surface area contributed by atoms with Gasteiger partial charge in [-0.2, -0.15) is 0 Å².